The lowest BCUT2D eigenvalue weighted by molar-refractivity contribution is -0.137. The van der Waals surface area contributed by atoms with Crippen molar-refractivity contribution in [3.63, 3.8) is 0 Å². The molecule has 0 aliphatic rings. The summed E-state index contributed by atoms with van der Waals surface area (Å²) in [5.41, 5.74) is 0.469. The summed E-state index contributed by atoms with van der Waals surface area (Å²) in [6.07, 6.45) is 0. The first kappa shape index (κ1) is 9.86. The predicted molar refractivity (Wildman–Crippen MR) is 48.3 cm³/mol. The average molecular weight is 200 g/mol. The number of carbonyl (C=O) groups excluding carboxylic acids is 1. The van der Waals surface area contributed by atoms with E-state index in [1.807, 2.05) is 0 Å². The molecule has 0 aromatic heterocycles. The Bertz CT molecular complexity index is 323. The average Bonchev–Trinajstić information content (AvgIpc) is 2.07. The molecule has 3 nitrogen and oxygen atoms in total. The third-order valence-electron chi connectivity index (χ3n) is 1.36. The summed E-state index contributed by atoms with van der Waals surface area (Å²) in [4.78, 5) is 10.5. The van der Waals surface area contributed by atoms with Crippen LogP contribution in [0.25, 0.3) is 0 Å². The first-order valence-corrected chi connectivity index (χ1v) is 3.97. The zero-order valence-electron chi connectivity index (χ0n) is 6.95. The third-order valence-corrected chi connectivity index (χ3v) is 1.77. The standard InChI is InChI=1S/C9H8ClO3/c1-6(11)13-5-7-3-2-4-8(12)9(7)10/h2-5,12H,1H3. The van der Waals surface area contributed by atoms with Gasteiger partial charge < -0.3 is 9.84 Å². The maximum absolute atomic E-state index is 10.5. The molecule has 0 fully saturated rings. The predicted octanol–water partition coefficient (Wildman–Crippen LogP) is 2.12. The van der Waals surface area contributed by atoms with Gasteiger partial charge in [0.05, 0.1) is 5.02 Å². The zero-order chi connectivity index (χ0) is 9.84. The molecule has 1 aromatic carbocycles. The van der Waals surface area contributed by atoms with Crippen LogP contribution in [0.4, 0.5) is 0 Å². The van der Waals surface area contributed by atoms with E-state index >= 15 is 0 Å². The summed E-state index contributed by atoms with van der Waals surface area (Å²) >= 11 is 5.70. The lowest BCUT2D eigenvalue weighted by Crippen LogP contribution is -1.96. The quantitative estimate of drug-likeness (QED) is 0.743. The molecule has 1 N–H and O–H groups in total. The molecule has 1 radical (unpaired) electrons. The summed E-state index contributed by atoms with van der Waals surface area (Å²) in [5.74, 6) is -0.470. The van der Waals surface area contributed by atoms with Crippen LogP contribution in [-0.4, -0.2) is 11.1 Å². The Balaban J connectivity index is 2.77. The molecule has 0 saturated carbocycles. The molecule has 0 atom stereocenters. The van der Waals surface area contributed by atoms with Gasteiger partial charge in [-0.05, 0) is 6.07 Å². The monoisotopic (exact) mass is 199 g/mol. The fourth-order valence-electron chi connectivity index (χ4n) is 0.775. The molecular weight excluding hydrogens is 192 g/mol. The Morgan fingerprint density at radius 1 is 1.62 bits per heavy atom. The van der Waals surface area contributed by atoms with E-state index in [9.17, 15) is 9.90 Å². The van der Waals surface area contributed by atoms with Gasteiger partial charge in [0.15, 0.2) is 6.61 Å². The number of esters is 1. The van der Waals surface area contributed by atoms with Gasteiger partial charge in [0.1, 0.15) is 5.75 Å². The van der Waals surface area contributed by atoms with Gasteiger partial charge in [-0.2, -0.15) is 0 Å². The molecule has 0 saturated heterocycles. The van der Waals surface area contributed by atoms with Crippen LogP contribution >= 0.6 is 11.6 Å². The maximum Gasteiger partial charge on any atom is 0.303 e. The van der Waals surface area contributed by atoms with Crippen LogP contribution in [0, 0.1) is 6.61 Å². The van der Waals surface area contributed by atoms with Crippen molar-refractivity contribution in [1.82, 2.24) is 0 Å². The van der Waals surface area contributed by atoms with Crippen LogP contribution in [0.5, 0.6) is 5.75 Å². The van der Waals surface area contributed by atoms with Gasteiger partial charge in [-0.1, -0.05) is 23.7 Å². The van der Waals surface area contributed by atoms with E-state index in [1.54, 1.807) is 12.1 Å². The Labute approximate surface area is 80.9 Å². The molecule has 0 aliphatic heterocycles. The second-order valence-electron chi connectivity index (χ2n) is 2.41. The van der Waals surface area contributed by atoms with Crippen molar-refractivity contribution in [2.75, 3.05) is 0 Å². The summed E-state index contributed by atoms with van der Waals surface area (Å²) in [6.45, 7) is 2.48. The number of hydrogen-bond acceptors (Lipinski definition) is 3. The molecule has 0 unspecified atom stereocenters. The van der Waals surface area contributed by atoms with Gasteiger partial charge in [-0.3, -0.25) is 4.79 Å². The molecule has 4 heteroatoms. The minimum Gasteiger partial charge on any atom is -0.506 e. The third kappa shape index (κ3) is 2.63. The van der Waals surface area contributed by atoms with Gasteiger partial charge in [0, 0.05) is 12.5 Å². The van der Waals surface area contributed by atoms with Gasteiger partial charge >= 0.3 is 5.97 Å². The highest BCUT2D eigenvalue weighted by Gasteiger charge is 2.06. The number of hydrogen-bond donors (Lipinski definition) is 1. The number of rotatable bonds is 2. The molecule has 1 rings (SSSR count). The Kier molecular flexibility index (Phi) is 3.14. The van der Waals surface area contributed by atoms with Crippen molar-refractivity contribution in [1.29, 1.82) is 0 Å². The summed E-state index contributed by atoms with van der Waals surface area (Å²) in [5, 5.41) is 9.34. The Hall–Kier alpha value is -1.22. The van der Waals surface area contributed by atoms with E-state index in [0.717, 1.165) is 0 Å². The van der Waals surface area contributed by atoms with Gasteiger partial charge in [-0.15, -0.1) is 0 Å². The molecule has 0 bridgehead atoms. The number of ether oxygens (including phenoxy) is 1. The molecule has 0 heterocycles. The molecule has 13 heavy (non-hydrogen) atoms. The largest absolute Gasteiger partial charge is 0.506 e. The first-order valence-electron chi connectivity index (χ1n) is 3.59. The van der Waals surface area contributed by atoms with Gasteiger partial charge in [0.2, 0.25) is 0 Å². The van der Waals surface area contributed by atoms with E-state index in [1.165, 1.54) is 19.6 Å². The smallest absolute Gasteiger partial charge is 0.303 e. The van der Waals surface area contributed by atoms with Crippen molar-refractivity contribution in [3.05, 3.63) is 35.4 Å². The van der Waals surface area contributed by atoms with Crippen molar-refractivity contribution in [3.8, 4) is 5.75 Å². The van der Waals surface area contributed by atoms with Gasteiger partial charge in [0.25, 0.3) is 0 Å². The van der Waals surface area contributed by atoms with Gasteiger partial charge in [-0.25, -0.2) is 0 Å². The van der Waals surface area contributed by atoms with Crippen molar-refractivity contribution < 1.29 is 14.6 Å². The molecule has 0 spiro atoms. The van der Waals surface area contributed by atoms with Crippen molar-refractivity contribution >= 4 is 17.6 Å². The highest BCUT2D eigenvalue weighted by molar-refractivity contribution is 6.32. The van der Waals surface area contributed by atoms with Crippen LogP contribution in [-0.2, 0) is 9.53 Å². The number of phenolic OH excluding ortho intramolecular Hbond substituents is 1. The number of benzene rings is 1. The van der Waals surface area contributed by atoms with E-state index in [0.29, 0.717) is 5.56 Å². The van der Waals surface area contributed by atoms with Crippen LogP contribution < -0.4 is 0 Å². The summed E-state index contributed by atoms with van der Waals surface area (Å²) in [6, 6.07) is 4.69. The van der Waals surface area contributed by atoms with Crippen LogP contribution in [0.15, 0.2) is 18.2 Å². The summed E-state index contributed by atoms with van der Waals surface area (Å²) in [7, 11) is 0. The summed E-state index contributed by atoms with van der Waals surface area (Å²) < 4.78 is 4.60. The molecule has 1 aromatic rings. The Morgan fingerprint density at radius 2 is 2.31 bits per heavy atom. The van der Waals surface area contributed by atoms with E-state index in [4.69, 9.17) is 11.6 Å². The molecule has 0 amide bonds. The second kappa shape index (κ2) is 4.14. The molecule has 69 valence electrons. The number of aromatic hydroxyl groups is 1. The van der Waals surface area contributed by atoms with Crippen LogP contribution in [0.2, 0.25) is 5.02 Å². The van der Waals surface area contributed by atoms with Crippen LogP contribution in [0.1, 0.15) is 12.5 Å². The normalized spacial score (nSPS) is 9.69. The highest BCUT2D eigenvalue weighted by Crippen LogP contribution is 2.27. The minimum atomic E-state index is -0.431. The molecule has 0 aliphatic carbocycles. The first-order chi connectivity index (χ1) is 6.11. The van der Waals surface area contributed by atoms with E-state index in [2.05, 4.69) is 4.74 Å². The lowest BCUT2D eigenvalue weighted by Gasteiger charge is -2.04. The maximum atomic E-state index is 10.5. The minimum absolute atomic E-state index is 0.0393. The van der Waals surface area contributed by atoms with Crippen molar-refractivity contribution in [2.45, 2.75) is 6.92 Å². The number of phenols is 1. The zero-order valence-corrected chi connectivity index (χ0v) is 7.71. The molecular formula is C9H8ClO3. The topological polar surface area (TPSA) is 46.5 Å². The lowest BCUT2D eigenvalue weighted by atomic mass is 10.2. The van der Waals surface area contributed by atoms with Crippen molar-refractivity contribution in [2.24, 2.45) is 0 Å². The van der Waals surface area contributed by atoms with E-state index < -0.39 is 5.97 Å². The highest BCUT2D eigenvalue weighted by atomic mass is 35.5. The van der Waals surface area contributed by atoms with E-state index in [-0.39, 0.29) is 10.8 Å². The second-order valence-corrected chi connectivity index (χ2v) is 2.79. The fourth-order valence-corrected chi connectivity index (χ4v) is 0.945. The SMILES string of the molecule is CC(=O)O[CH]c1cccc(O)c1Cl. The Morgan fingerprint density at radius 3 is 2.92 bits per heavy atom. The van der Waals surface area contributed by atoms with Crippen LogP contribution in [0.3, 0.4) is 0 Å². The fraction of sp³-hybridized carbons (Fsp3) is 0.111. The number of carbonyl (C=O) groups is 1. The number of halogens is 1.